The van der Waals surface area contributed by atoms with Crippen LogP contribution in [0.4, 0.5) is 5.13 Å². The minimum atomic E-state index is -3.63. The van der Waals surface area contributed by atoms with E-state index in [1.165, 1.54) is 21.7 Å². The van der Waals surface area contributed by atoms with Crippen LogP contribution in [0.2, 0.25) is 0 Å². The molecule has 0 aliphatic carbocycles. The van der Waals surface area contributed by atoms with Gasteiger partial charge < -0.3 is 0 Å². The monoisotopic (exact) mass is 425 g/mol. The van der Waals surface area contributed by atoms with E-state index in [-0.39, 0.29) is 9.77 Å². The number of hydrogen-bond acceptors (Lipinski definition) is 7. The Morgan fingerprint density at radius 3 is 2.65 bits per heavy atom. The number of thiophene rings is 2. The molecule has 4 heterocycles. The second-order valence-corrected chi connectivity index (χ2v) is 10.3. The molecule has 26 heavy (non-hydrogen) atoms. The number of amides is 1. The highest BCUT2D eigenvalue weighted by molar-refractivity contribution is 7.89. The first-order valence-electron chi connectivity index (χ1n) is 7.94. The number of carbonyl (C=O) groups excluding carboxylic acids is 1. The Morgan fingerprint density at radius 1 is 1.12 bits per heavy atom. The van der Waals surface area contributed by atoms with Crippen LogP contribution in [0.15, 0.2) is 39.2 Å². The van der Waals surface area contributed by atoms with E-state index in [1.54, 1.807) is 16.7 Å². The summed E-state index contributed by atoms with van der Waals surface area (Å²) in [6.45, 7) is 1.02. The molecule has 0 spiro atoms. The van der Waals surface area contributed by atoms with Gasteiger partial charge in [-0.05, 0) is 35.7 Å². The van der Waals surface area contributed by atoms with Crippen LogP contribution in [-0.4, -0.2) is 36.7 Å². The molecule has 136 valence electrons. The van der Waals surface area contributed by atoms with E-state index >= 15 is 0 Å². The van der Waals surface area contributed by atoms with Crippen LogP contribution in [0.25, 0.3) is 10.6 Å². The predicted octanol–water partition coefficient (Wildman–Crippen LogP) is 3.97. The molecule has 0 saturated carbocycles. The van der Waals surface area contributed by atoms with Crippen LogP contribution in [0.3, 0.4) is 0 Å². The highest BCUT2D eigenvalue weighted by Gasteiger charge is 2.32. The Hall–Kier alpha value is -1.59. The zero-order chi connectivity index (χ0) is 18.1. The minimum absolute atomic E-state index is 0.0805. The van der Waals surface area contributed by atoms with E-state index in [9.17, 15) is 13.2 Å². The zero-order valence-corrected chi connectivity index (χ0v) is 16.8. The number of carbonyl (C=O) groups is 1. The number of thiazole rings is 1. The van der Waals surface area contributed by atoms with E-state index in [2.05, 4.69) is 10.3 Å². The lowest BCUT2D eigenvalue weighted by Crippen LogP contribution is -2.29. The Morgan fingerprint density at radius 2 is 1.92 bits per heavy atom. The summed E-state index contributed by atoms with van der Waals surface area (Å²) in [4.78, 5) is 18.4. The molecule has 1 aliphatic rings. The first kappa shape index (κ1) is 17.8. The molecule has 1 saturated heterocycles. The first-order valence-corrected chi connectivity index (χ1v) is 12.0. The summed E-state index contributed by atoms with van der Waals surface area (Å²) in [5.74, 6) is -0.440. The number of nitrogens with one attached hydrogen (secondary N) is 1. The summed E-state index contributed by atoms with van der Waals surface area (Å²) >= 11 is 4.02. The van der Waals surface area contributed by atoms with Crippen LogP contribution in [0.5, 0.6) is 0 Å². The molecule has 6 nitrogen and oxygen atoms in total. The summed E-state index contributed by atoms with van der Waals surface area (Å²) in [6.07, 6.45) is 1.71. The van der Waals surface area contributed by atoms with Gasteiger partial charge in [0.25, 0.3) is 5.91 Å². The third-order valence-corrected chi connectivity index (χ3v) is 8.65. The van der Waals surface area contributed by atoms with Gasteiger partial charge in [-0.25, -0.2) is 13.4 Å². The van der Waals surface area contributed by atoms with Crippen LogP contribution in [0.1, 0.15) is 22.5 Å². The average Bonchev–Trinajstić information content (AvgIpc) is 3.42. The molecule has 1 aliphatic heterocycles. The molecule has 10 heteroatoms. The van der Waals surface area contributed by atoms with Gasteiger partial charge in [-0.3, -0.25) is 10.1 Å². The van der Waals surface area contributed by atoms with E-state index in [0.29, 0.717) is 18.2 Å². The number of hydrogen-bond donors (Lipinski definition) is 1. The minimum Gasteiger partial charge on any atom is -0.297 e. The summed E-state index contributed by atoms with van der Waals surface area (Å²) in [7, 11) is -3.63. The van der Waals surface area contributed by atoms with E-state index < -0.39 is 15.9 Å². The molecule has 0 bridgehead atoms. The van der Waals surface area contributed by atoms with E-state index in [4.69, 9.17) is 0 Å². The van der Waals surface area contributed by atoms with Crippen LogP contribution in [0, 0.1) is 0 Å². The summed E-state index contributed by atoms with van der Waals surface area (Å²) in [5.41, 5.74) is 0.802. The van der Waals surface area contributed by atoms with Crippen LogP contribution >= 0.6 is 34.0 Å². The maximum Gasteiger partial charge on any atom is 0.268 e. The average molecular weight is 426 g/mol. The van der Waals surface area contributed by atoms with Gasteiger partial charge in [0, 0.05) is 18.5 Å². The molecule has 1 N–H and O–H groups in total. The fraction of sp³-hybridized carbons (Fsp3) is 0.250. The lowest BCUT2D eigenvalue weighted by atomic mass is 10.4. The van der Waals surface area contributed by atoms with E-state index in [1.807, 2.05) is 22.9 Å². The van der Waals surface area contributed by atoms with Crippen LogP contribution in [-0.2, 0) is 10.0 Å². The summed E-state index contributed by atoms with van der Waals surface area (Å²) in [6, 6.07) is 5.41. The molecular formula is C16H15N3O3S4. The van der Waals surface area contributed by atoms with Gasteiger partial charge in [0.05, 0.1) is 10.6 Å². The van der Waals surface area contributed by atoms with Gasteiger partial charge in [-0.15, -0.1) is 34.0 Å². The van der Waals surface area contributed by atoms with Gasteiger partial charge in [-0.2, -0.15) is 4.31 Å². The number of sulfonamides is 1. The molecule has 3 aromatic heterocycles. The number of anilines is 1. The molecule has 3 aromatic rings. The maximum absolute atomic E-state index is 12.8. The molecule has 1 amide bonds. The smallest absolute Gasteiger partial charge is 0.268 e. The molecular weight excluding hydrogens is 410 g/mol. The van der Waals surface area contributed by atoms with Crippen molar-refractivity contribution in [2.75, 3.05) is 18.4 Å². The molecule has 0 atom stereocenters. The highest BCUT2D eigenvalue weighted by Crippen LogP contribution is 2.31. The highest BCUT2D eigenvalue weighted by atomic mass is 32.2. The molecule has 4 rings (SSSR count). The topological polar surface area (TPSA) is 79.4 Å². The number of nitrogens with zero attached hydrogens (tertiary/aromatic N) is 2. The summed E-state index contributed by atoms with van der Waals surface area (Å²) in [5, 5.41) is 8.66. The lowest BCUT2D eigenvalue weighted by molar-refractivity contribution is 0.102. The largest absolute Gasteiger partial charge is 0.297 e. The zero-order valence-electron chi connectivity index (χ0n) is 13.5. The summed E-state index contributed by atoms with van der Waals surface area (Å²) < 4.78 is 27.0. The second kappa shape index (κ2) is 7.20. The third kappa shape index (κ3) is 3.35. The van der Waals surface area contributed by atoms with Crippen molar-refractivity contribution in [1.82, 2.24) is 9.29 Å². The van der Waals surface area contributed by atoms with Gasteiger partial charge in [-0.1, -0.05) is 6.07 Å². The lowest BCUT2D eigenvalue weighted by Gasteiger charge is -2.15. The van der Waals surface area contributed by atoms with Gasteiger partial charge >= 0.3 is 0 Å². The quantitative estimate of drug-likeness (QED) is 0.671. The van der Waals surface area contributed by atoms with Crippen molar-refractivity contribution in [3.8, 4) is 10.6 Å². The molecule has 1 fully saturated rings. The standard InChI is InChI=1S/C16H15N3O3S4/c20-15(18-16-17-11(10-25-16)12-4-3-8-23-12)14-13(5-9-24-14)26(21,22)19-6-1-2-7-19/h3-5,8-10H,1-2,6-7H2,(H,17,18,20). The SMILES string of the molecule is O=C(Nc1nc(-c2cccs2)cs1)c1sccc1S(=O)(=O)N1CCCC1. The van der Waals surface area contributed by atoms with Crippen molar-refractivity contribution in [2.45, 2.75) is 17.7 Å². The normalized spacial score (nSPS) is 15.4. The Balaban J connectivity index is 1.56. The second-order valence-electron chi connectivity index (χ2n) is 5.69. The molecule has 0 unspecified atom stereocenters. The van der Waals surface area contributed by atoms with Crippen molar-refractivity contribution in [1.29, 1.82) is 0 Å². The Bertz CT molecular complexity index is 1020. The maximum atomic E-state index is 12.8. The van der Waals surface area contributed by atoms with Crippen LogP contribution < -0.4 is 5.32 Å². The van der Waals surface area contributed by atoms with Crippen molar-refractivity contribution in [3.63, 3.8) is 0 Å². The van der Waals surface area contributed by atoms with Crippen molar-refractivity contribution < 1.29 is 13.2 Å². The van der Waals surface area contributed by atoms with E-state index in [0.717, 1.165) is 34.7 Å². The predicted molar refractivity (Wildman–Crippen MR) is 106 cm³/mol. The fourth-order valence-corrected chi connectivity index (χ4v) is 7.04. The van der Waals surface area contributed by atoms with Gasteiger partial charge in [0.2, 0.25) is 10.0 Å². The third-order valence-electron chi connectivity index (χ3n) is 4.02. The number of rotatable bonds is 5. The first-order chi connectivity index (χ1) is 12.6. The van der Waals surface area contributed by atoms with Crippen molar-refractivity contribution in [3.05, 3.63) is 39.2 Å². The van der Waals surface area contributed by atoms with Gasteiger partial charge in [0.1, 0.15) is 9.77 Å². The fourth-order valence-electron chi connectivity index (χ4n) is 2.76. The Labute approximate surface area is 163 Å². The molecule has 0 radical (unpaired) electrons. The van der Waals surface area contributed by atoms with Crippen molar-refractivity contribution >= 4 is 55.1 Å². The molecule has 0 aromatic carbocycles. The number of aromatic nitrogens is 1. The van der Waals surface area contributed by atoms with Crippen molar-refractivity contribution in [2.24, 2.45) is 0 Å². The Kier molecular flexibility index (Phi) is 4.93. The van der Waals surface area contributed by atoms with Gasteiger partial charge in [0.15, 0.2) is 5.13 Å².